The number of unbranched alkanes of at least 4 members (excludes halogenated alkanes) is 1. The summed E-state index contributed by atoms with van der Waals surface area (Å²) in [5, 5.41) is 7.96. The Morgan fingerprint density at radius 2 is 1.94 bits per heavy atom. The molecule has 178 valence electrons. The molecule has 1 aromatic carbocycles. The van der Waals surface area contributed by atoms with E-state index < -0.39 is 0 Å². The fraction of sp³-hybridized carbons (Fsp3) is 0.583. The normalized spacial score (nSPS) is 14.8. The summed E-state index contributed by atoms with van der Waals surface area (Å²) in [6, 6.07) is 8.85. The number of benzene rings is 1. The van der Waals surface area contributed by atoms with Gasteiger partial charge in [-0.2, -0.15) is 0 Å². The van der Waals surface area contributed by atoms with Crippen LogP contribution in [-0.4, -0.2) is 68.2 Å². The Morgan fingerprint density at radius 3 is 2.62 bits per heavy atom. The summed E-state index contributed by atoms with van der Waals surface area (Å²) in [4.78, 5) is 15.5. The van der Waals surface area contributed by atoms with Gasteiger partial charge in [0.2, 0.25) is 0 Å². The highest BCUT2D eigenvalue weighted by atomic mass is 127. The van der Waals surface area contributed by atoms with Gasteiger partial charge in [0.05, 0.1) is 5.01 Å². The first-order chi connectivity index (χ1) is 15.1. The fourth-order valence-electron chi connectivity index (χ4n) is 3.84. The number of rotatable bonds is 10. The van der Waals surface area contributed by atoms with Crippen LogP contribution < -0.4 is 15.5 Å². The molecule has 0 bridgehead atoms. The Balaban J connectivity index is 0.00000363. The maximum absolute atomic E-state index is 4.74. The standard InChI is InChI=1S/C24H38N6S.HI/c1-4-25-24(27-12-10-23-28-19-21(3)31-23)26-11-5-6-13-29-14-16-30(17-15-29)22-9-7-8-20(2)18-22;/h7-9,18-19H,4-6,10-17H2,1-3H3,(H2,25,26,27);1H. The van der Waals surface area contributed by atoms with E-state index >= 15 is 0 Å². The first-order valence-corrected chi connectivity index (χ1v) is 12.4. The molecule has 0 aliphatic carbocycles. The van der Waals surface area contributed by atoms with Crippen LogP contribution in [0.1, 0.15) is 35.2 Å². The average molecular weight is 571 g/mol. The van der Waals surface area contributed by atoms with Gasteiger partial charge < -0.3 is 15.5 Å². The molecule has 0 unspecified atom stereocenters. The molecule has 6 nitrogen and oxygen atoms in total. The van der Waals surface area contributed by atoms with Crippen molar-refractivity contribution in [3.8, 4) is 0 Å². The van der Waals surface area contributed by atoms with Crippen LogP contribution in [0.5, 0.6) is 0 Å². The summed E-state index contributed by atoms with van der Waals surface area (Å²) in [7, 11) is 0. The van der Waals surface area contributed by atoms with Crippen LogP contribution in [0, 0.1) is 13.8 Å². The van der Waals surface area contributed by atoms with E-state index in [1.165, 1.54) is 34.1 Å². The molecule has 1 aliphatic heterocycles. The molecular weight excluding hydrogens is 531 g/mol. The summed E-state index contributed by atoms with van der Waals surface area (Å²) in [5.41, 5.74) is 2.70. The number of hydrogen-bond donors (Lipinski definition) is 2. The third-order valence-corrected chi connectivity index (χ3v) is 6.51. The van der Waals surface area contributed by atoms with Crippen molar-refractivity contribution < 1.29 is 0 Å². The molecule has 0 radical (unpaired) electrons. The lowest BCUT2D eigenvalue weighted by Gasteiger charge is -2.36. The molecule has 2 N–H and O–H groups in total. The van der Waals surface area contributed by atoms with E-state index in [0.29, 0.717) is 0 Å². The van der Waals surface area contributed by atoms with Crippen molar-refractivity contribution in [3.05, 3.63) is 45.9 Å². The number of piperazine rings is 1. The third kappa shape index (κ3) is 9.23. The van der Waals surface area contributed by atoms with Gasteiger partial charge in [-0.1, -0.05) is 12.1 Å². The van der Waals surface area contributed by atoms with E-state index in [1.54, 1.807) is 11.3 Å². The SMILES string of the molecule is CCNC(=NCCCCN1CCN(c2cccc(C)c2)CC1)NCCc1ncc(C)s1.I. The Hall–Kier alpha value is -1.39. The van der Waals surface area contributed by atoms with Gasteiger partial charge in [-0.25, -0.2) is 4.98 Å². The summed E-state index contributed by atoms with van der Waals surface area (Å²) >= 11 is 1.77. The van der Waals surface area contributed by atoms with E-state index in [-0.39, 0.29) is 24.0 Å². The van der Waals surface area contributed by atoms with Crippen molar-refractivity contribution in [3.63, 3.8) is 0 Å². The average Bonchev–Trinajstić information content (AvgIpc) is 3.19. The highest BCUT2D eigenvalue weighted by molar-refractivity contribution is 14.0. The second kappa shape index (κ2) is 14.7. The molecule has 0 atom stereocenters. The smallest absolute Gasteiger partial charge is 0.191 e. The number of anilines is 1. The van der Waals surface area contributed by atoms with E-state index in [4.69, 9.17) is 4.99 Å². The quantitative estimate of drug-likeness (QED) is 0.195. The van der Waals surface area contributed by atoms with Crippen LogP contribution in [0.4, 0.5) is 5.69 Å². The Bertz CT molecular complexity index is 816. The van der Waals surface area contributed by atoms with Crippen molar-refractivity contribution >= 4 is 47.0 Å². The molecule has 0 amide bonds. The molecule has 32 heavy (non-hydrogen) atoms. The molecule has 2 aromatic rings. The summed E-state index contributed by atoms with van der Waals surface area (Å²) < 4.78 is 0. The van der Waals surface area contributed by atoms with Crippen LogP contribution in [0.2, 0.25) is 0 Å². The number of aryl methyl sites for hydroxylation is 2. The number of halogens is 1. The lowest BCUT2D eigenvalue weighted by molar-refractivity contribution is 0.253. The lowest BCUT2D eigenvalue weighted by atomic mass is 10.2. The first kappa shape index (κ1) is 26.9. The Morgan fingerprint density at radius 1 is 1.12 bits per heavy atom. The minimum absolute atomic E-state index is 0. The van der Waals surface area contributed by atoms with E-state index in [0.717, 1.165) is 64.6 Å². The predicted molar refractivity (Wildman–Crippen MR) is 149 cm³/mol. The van der Waals surface area contributed by atoms with E-state index in [2.05, 4.69) is 70.5 Å². The van der Waals surface area contributed by atoms with Gasteiger partial charge in [-0.3, -0.25) is 9.89 Å². The number of nitrogens with one attached hydrogen (secondary N) is 2. The van der Waals surface area contributed by atoms with Gasteiger partial charge in [-0.05, 0) is 57.9 Å². The largest absolute Gasteiger partial charge is 0.369 e. The summed E-state index contributed by atoms with van der Waals surface area (Å²) in [6.45, 7) is 14.7. The first-order valence-electron chi connectivity index (χ1n) is 11.6. The van der Waals surface area contributed by atoms with E-state index in [9.17, 15) is 0 Å². The number of aromatic nitrogens is 1. The molecule has 1 saturated heterocycles. The molecule has 1 aliphatic rings. The molecule has 8 heteroatoms. The van der Waals surface area contributed by atoms with Crippen molar-refractivity contribution in [2.24, 2.45) is 4.99 Å². The second-order valence-electron chi connectivity index (χ2n) is 8.18. The highest BCUT2D eigenvalue weighted by Gasteiger charge is 2.16. The zero-order chi connectivity index (χ0) is 21.9. The van der Waals surface area contributed by atoms with Crippen LogP contribution in [-0.2, 0) is 6.42 Å². The van der Waals surface area contributed by atoms with Gasteiger partial charge in [0.1, 0.15) is 0 Å². The predicted octanol–water partition coefficient (Wildman–Crippen LogP) is 4.08. The molecule has 0 spiro atoms. The zero-order valence-electron chi connectivity index (χ0n) is 19.8. The number of aliphatic imine (C=N–C) groups is 1. The third-order valence-electron chi connectivity index (χ3n) is 5.54. The highest BCUT2D eigenvalue weighted by Crippen LogP contribution is 2.18. The van der Waals surface area contributed by atoms with Crippen LogP contribution in [0.3, 0.4) is 0 Å². The van der Waals surface area contributed by atoms with Crippen LogP contribution in [0.25, 0.3) is 0 Å². The molecular formula is C24H39IN6S. The minimum Gasteiger partial charge on any atom is -0.369 e. The van der Waals surface area contributed by atoms with E-state index in [1.807, 2.05) is 6.20 Å². The Kier molecular flexibility index (Phi) is 12.3. The monoisotopic (exact) mass is 570 g/mol. The number of thiazole rings is 1. The molecule has 3 rings (SSSR count). The Labute approximate surface area is 214 Å². The lowest BCUT2D eigenvalue weighted by Crippen LogP contribution is -2.46. The summed E-state index contributed by atoms with van der Waals surface area (Å²) in [6.07, 6.45) is 5.21. The van der Waals surface area contributed by atoms with Crippen LogP contribution >= 0.6 is 35.3 Å². The maximum Gasteiger partial charge on any atom is 0.191 e. The minimum atomic E-state index is 0. The zero-order valence-corrected chi connectivity index (χ0v) is 22.9. The number of nitrogens with zero attached hydrogens (tertiary/aromatic N) is 4. The molecule has 0 saturated carbocycles. The van der Waals surface area contributed by atoms with Gasteiger partial charge in [0.15, 0.2) is 5.96 Å². The fourth-order valence-corrected chi connectivity index (χ4v) is 4.63. The van der Waals surface area contributed by atoms with Gasteiger partial charge in [-0.15, -0.1) is 35.3 Å². The maximum atomic E-state index is 4.74. The molecule has 2 heterocycles. The molecule has 1 aromatic heterocycles. The second-order valence-corrected chi connectivity index (χ2v) is 9.50. The van der Waals surface area contributed by atoms with Crippen molar-refractivity contribution in [2.75, 3.05) is 57.3 Å². The van der Waals surface area contributed by atoms with Gasteiger partial charge in [0, 0.05) is 69.0 Å². The number of hydrogen-bond acceptors (Lipinski definition) is 5. The van der Waals surface area contributed by atoms with Gasteiger partial charge in [0.25, 0.3) is 0 Å². The van der Waals surface area contributed by atoms with Gasteiger partial charge >= 0.3 is 0 Å². The summed E-state index contributed by atoms with van der Waals surface area (Å²) in [5.74, 6) is 0.919. The topological polar surface area (TPSA) is 55.8 Å². The molecule has 1 fully saturated rings. The van der Waals surface area contributed by atoms with Crippen LogP contribution in [0.15, 0.2) is 35.5 Å². The van der Waals surface area contributed by atoms with Crippen molar-refractivity contribution in [1.82, 2.24) is 20.5 Å². The number of guanidine groups is 1. The van der Waals surface area contributed by atoms with Crippen molar-refractivity contribution in [1.29, 1.82) is 0 Å². The van der Waals surface area contributed by atoms with Crippen molar-refractivity contribution in [2.45, 2.75) is 40.0 Å².